The molecule has 20 heavy (non-hydrogen) atoms. The number of carbonyl (C=O) groups is 1. The molecule has 7 nitrogen and oxygen atoms in total. The fourth-order valence-corrected chi connectivity index (χ4v) is 1.82. The Morgan fingerprint density at radius 1 is 1.30 bits per heavy atom. The first-order valence-electron chi connectivity index (χ1n) is 5.96. The number of carbonyl (C=O) groups excluding carboxylic acids is 1. The van der Waals surface area contributed by atoms with Crippen molar-refractivity contribution in [2.75, 3.05) is 19.3 Å². The molecule has 0 aromatic heterocycles. The molecule has 0 aliphatic rings. The highest BCUT2D eigenvalue weighted by Gasteiger charge is 2.14. The van der Waals surface area contributed by atoms with Gasteiger partial charge in [0.1, 0.15) is 11.5 Å². The van der Waals surface area contributed by atoms with E-state index in [1.54, 1.807) is 19.1 Å². The van der Waals surface area contributed by atoms with Crippen molar-refractivity contribution in [1.29, 1.82) is 0 Å². The molecule has 1 aromatic carbocycles. The van der Waals surface area contributed by atoms with Crippen molar-refractivity contribution in [3.05, 3.63) is 24.3 Å². The van der Waals surface area contributed by atoms with E-state index in [9.17, 15) is 13.2 Å². The van der Waals surface area contributed by atoms with E-state index in [1.807, 2.05) is 0 Å². The zero-order valence-corrected chi connectivity index (χ0v) is 12.1. The summed E-state index contributed by atoms with van der Waals surface area (Å²) in [5, 5.41) is 11.7. The summed E-state index contributed by atoms with van der Waals surface area (Å²) < 4.78 is 29.2. The van der Waals surface area contributed by atoms with Gasteiger partial charge in [0, 0.05) is 13.1 Å². The van der Waals surface area contributed by atoms with Gasteiger partial charge in [0.05, 0.1) is 6.26 Å². The number of amides is 1. The minimum atomic E-state index is -3.25. The van der Waals surface area contributed by atoms with Gasteiger partial charge in [-0.15, -0.1) is 0 Å². The van der Waals surface area contributed by atoms with Crippen LogP contribution in [0.4, 0.5) is 0 Å². The Bertz CT molecular complexity index is 541. The van der Waals surface area contributed by atoms with Crippen molar-refractivity contribution < 1.29 is 23.1 Å². The Kier molecular flexibility index (Phi) is 5.78. The summed E-state index contributed by atoms with van der Waals surface area (Å²) in [4.78, 5) is 11.7. The molecule has 1 unspecified atom stereocenters. The van der Waals surface area contributed by atoms with Gasteiger partial charge in [-0.25, -0.2) is 13.1 Å². The van der Waals surface area contributed by atoms with Crippen LogP contribution in [-0.4, -0.2) is 44.9 Å². The van der Waals surface area contributed by atoms with Crippen LogP contribution < -0.4 is 14.8 Å². The Morgan fingerprint density at radius 2 is 1.90 bits per heavy atom. The second-order valence-corrected chi connectivity index (χ2v) is 6.04. The van der Waals surface area contributed by atoms with Crippen molar-refractivity contribution in [2.45, 2.75) is 13.0 Å². The summed E-state index contributed by atoms with van der Waals surface area (Å²) in [7, 11) is -3.25. The Labute approximate surface area is 118 Å². The summed E-state index contributed by atoms with van der Waals surface area (Å²) in [5.74, 6) is 0.217. The van der Waals surface area contributed by atoms with Crippen LogP contribution in [0.3, 0.4) is 0 Å². The zero-order valence-electron chi connectivity index (χ0n) is 11.3. The first kappa shape index (κ1) is 16.3. The average Bonchev–Trinajstić information content (AvgIpc) is 2.36. The van der Waals surface area contributed by atoms with E-state index in [0.717, 1.165) is 6.26 Å². The standard InChI is InChI=1S/C12H18N2O5S/c1-9(19-11-5-3-10(15)4-6-11)12(16)13-7-8-14-20(2,17)18/h3-6,9,14-15H,7-8H2,1-2H3,(H,13,16). The molecule has 112 valence electrons. The average molecular weight is 302 g/mol. The summed E-state index contributed by atoms with van der Waals surface area (Å²) in [5.41, 5.74) is 0. The monoisotopic (exact) mass is 302 g/mol. The first-order chi connectivity index (χ1) is 9.28. The predicted octanol–water partition coefficient (Wildman–Crippen LogP) is -0.175. The molecule has 0 saturated heterocycles. The molecule has 1 rings (SSSR count). The molecule has 3 N–H and O–H groups in total. The molecule has 1 atom stereocenters. The number of aromatic hydroxyl groups is 1. The fraction of sp³-hybridized carbons (Fsp3) is 0.417. The SMILES string of the molecule is CC(Oc1ccc(O)cc1)C(=O)NCCNS(C)(=O)=O. The number of hydrogen-bond acceptors (Lipinski definition) is 5. The summed E-state index contributed by atoms with van der Waals surface area (Å²) in [6, 6.07) is 6.00. The van der Waals surface area contributed by atoms with Crippen LogP contribution in [0.1, 0.15) is 6.92 Å². The van der Waals surface area contributed by atoms with Gasteiger partial charge < -0.3 is 15.2 Å². The first-order valence-corrected chi connectivity index (χ1v) is 7.85. The Morgan fingerprint density at radius 3 is 2.45 bits per heavy atom. The van der Waals surface area contributed by atoms with Crippen molar-refractivity contribution in [2.24, 2.45) is 0 Å². The molecule has 0 bridgehead atoms. The number of phenolic OH excluding ortho intramolecular Hbond substituents is 1. The topological polar surface area (TPSA) is 105 Å². The van der Waals surface area contributed by atoms with Gasteiger partial charge in [-0.05, 0) is 31.2 Å². The third kappa shape index (κ3) is 6.39. The predicted molar refractivity (Wildman–Crippen MR) is 74.1 cm³/mol. The van der Waals surface area contributed by atoms with Gasteiger partial charge in [0.2, 0.25) is 10.0 Å². The van der Waals surface area contributed by atoms with E-state index in [1.165, 1.54) is 12.1 Å². The van der Waals surface area contributed by atoms with E-state index in [0.29, 0.717) is 5.75 Å². The molecule has 0 saturated carbocycles. The van der Waals surface area contributed by atoms with E-state index in [4.69, 9.17) is 9.84 Å². The van der Waals surface area contributed by atoms with Crippen molar-refractivity contribution >= 4 is 15.9 Å². The Hall–Kier alpha value is -1.80. The maximum Gasteiger partial charge on any atom is 0.260 e. The highest BCUT2D eigenvalue weighted by atomic mass is 32.2. The lowest BCUT2D eigenvalue weighted by Gasteiger charge is -2.14. The van der Waals surface area contributed by atoms with Gasteiger partial charge in [-0.3, -0.25) is 4.79 Å². The van der Waals surface area contributed by atoms with Gasteiger partial charge >= 0.3 is 0 Å². The minimum Gasteiger partial charge on any atom is -0.508 e. The second-order valence-electron chi connectivity index (χ2n) is 4.21. The zero-order chi connectivity index (χ0) is 15.2. The normalized spacial score (nSPS) is 12.7. The number of sulfonamides is 1. The van der Waals surface area contributed by atoms with Crippen LogP contribution in [0.15, 0.2) is 24.3 Å². The van der Waals surface area contributed by atoms with Crippen molar-refractivity contribution in [3.8, 4) is 11.5 Å². The number of nitrogens with one attached hydrogen (secondary N) is 2. The smallest absolute Gasteiger partial charge is 0.260 e. The quantitative estimate of drug-likeness (QED) is 0.606. The molecule has 0 radical (unpaired) electrons. The summed E-state index contributed by atoms with van der Waals surface area (Å²) in [6.45, 7) is 1.87. The Balaban J connectivity index is 2.34. The molecule has 1 amide bonds. The maximum absolute atomic E-state index is 11.7. The van der Waals surface area contributed by atoms with Crippen LogP contribution in [0.5, 0.6) is 11.5 Å². The van der Waals surface area contributed by atoms with Crippen molar-refractivity contribution in [1.82, 2.24) is 10.0 Å². The lowest BCUT2D eigenvalue weighted by atomic mass is 10.3. The summed E-state index contributed by atoms with van der Waals surface area (Å²) >= 11 is 0. The molecule has 0 aliphatic heterocycles. The molecular formula is C12H18N2O5S. The van der Waals surface area contributed by atoms with E-state index < -0.39 is 16.1 Å². The van der Waals surface area contributed by atoms with Gasteiger partial charge in [0.25, 0.3) is 5.91 Å². The lowest BCUT2D eigenvalue weighted by molar-refractivity contribution is -0.127. The van der Waals surface area contributed by atoms with Crippen LogP contribution >= 0.6 is 0 Å². The largest absolute Gasteiger partial charge is 0.508 e. The minimum absolute atomic E-state index is 0.112. The number of hydrogen-bond donors (Lipinski definition) is 3. The summed E-state index contributed by atoms with van der Waals surface area (Å²) in [6.07, 6.45) is 0.323. The van der Waals surface area contributed by atoms with E-state index in [2.05, 4.69) is 10.0 Å². The lowest BCUT2D eigenvalue weighted by Crippen LogP contribution is -2.40. The fourth-order valence-electron chi connectivity index (χ4n) is 1.35. The highest BCUT2D eigenvalue weighted by Crippen LogP contribution is 2.17. The maximum atomic E-state index is 11.7. The second kappa shape index (κ2) is 7.11. The molecule has 0 aliphatic carbocycles. The van der Waals surface area contributed by atoms with Gasteiger partial charge in [0.15, 0.2) is 6.10 Å². The van der Waals surface area contributed by atoms with Gasteiger partial charge in [-0.2, -0.15) is 0 Å². The van der Waals surface area contributed by atoms with E-state index in [-0.39, 0.29) is 24.7 Å². The van der Waals surface area contributed by atoms with Crippen LogP contribution in [0.2, 0.25) is 0 Å². The molecule has 1 aromatic rings. The number of benzene rings is 1. The number of rotatable bonds is 7. The van der Waals surface area contributed by atoms with Crippen LogP contribution in [-0.2, 0) is 14.8 Å². The van der Waals surface area contributed by atoms with Gasteiger partial charge in [-0.1, -0.05) is 0 Å². The number of phenols is 1. The van der Waals surface area contributed by atoms with Crippen LogP contribution in [0.25, 0.3) is 0 Å². The third-order valence-electron chi connectivity index (χ3n) is 2.31. The highest BCUT2D eigenvalue weighted by molar-refractivity contribution is 7.88. The van der Waals surface area contributed by atoms with Crippen LogP contribution in [0, 0.1) is 0 Å². The molecule has 0 heterocycles. The van der Waals surface area contributed by atoms with Crippen molar-refractivity contribution in [3.63, 3.8) is 0 Å². The molecule has 8 heteroatoms. The molecule has 0 spiro atoms. The third-order valence-corrected chi connectivity index (χ3v) is 3.04. The molecule has 0 fully saturated rings. The molecular weight excluding hydrogens is 284 g/mol. The van der Waals surface area contributed by atoms with E-state index >= 15 is 0 Å². The number of ether oxygens (including phenoxy) is 1.